The van der Waals surface area contributed by atoms with Crippen LogP contribution < -0.4 is 16.4 Å². The number of alkyl halides is 3. The fraction of sp³-hybridized carbons (Fsp3) is 0.100. The van der Waals surface area contributed by atoms with E-state index in [0.29, 0.717) is 22.0 Å². The van der Waals surface area contributed by atoms with Crippen molar-refractivity contribution >= 4 is 40.7 Å². The van der Waals surface area contributed by atoms with E-state index in [9.17, 15) is 18.0 Å². The molecule has 0 unspecified atom stereocenters. The number of halogens is 5. The van der Waals surface area contributed by atoms with E-state index >= 15 is 0 Å². The Morgan fingerprint density at radius 3 is 2.33 bits per heavy atom. The van der Waals surface area contributed by atoms with Crippen molar-refractivity contribution in [1.29, 1.82) is 0 Å². The summed E-state index contributed by atoms with van der Waals surface area (Å²) in [5, 5.41) is -0.0425. The van der Waals surface area contributed by atoms with Crippen LogP contribution in [0.25, 0.3) is 11.1 Å². The van der Waals surface area contributed by atoms with E-state index in [1.165, 1.54) is 12.3 Å². The number of nitrogens with zero attached hydrogens (tertiary/aromatic N) is 2. The zero-order chi connectivity index (χ0) is 22.1. The average Bonchev–Trinajstić information content (AvgIpc) is 2.68. The van der Waals surface area contributed by atoms with Crippen molar-refractivity contribution in [3.63, 3.8) is 0 Å². The van der Waals surface area contributed by atoms with Crippen LogP contribution in [0.15, 0.2) is 54.7 Å². The molecule has 0 saturated heterocycles. The smallest absolute Gasteiger partial charge is 0.383 e. The number of urea groups is 1. The second-order valence-electron chi connectivity index (χ2n) is 6.37. The summed E-state index contributed by atoms with van der Waals surface area (Å²) in [6.07, 6.45) is -3.23. The Kier molecular flexibility index (Phi) is 6.09. The van der Waals surface area contributed by atoms with Gasteiger partial charge in [0.05, 0.1) is 22.2 Å². The second kappa shape index (κ2) is 8.41. The first-order chi connectivity index (χ1) is 14.1. The molecular formula is C20H15Cl2F3N4O. The third-order valence-electron chi connectivity index (χ3n) is 4.32. The molecule has 0 aliphatic carbocycles. The third-order valence-corrected chi connectivity index (χ3v) is 4.86. The van der Waals surface area contributed by atoms with Crippen molar-refractivity contribution in [2.24, 2.45) is 5.73 Å². The topological polar surface area (TPSA) is 85.2 Å². The molecule has 0 bridgehead atoms. The number of carbonyl (C=O) groups excluding carboxylic acids is 1. The summed E-state index contributed by atoms with van der Waals surface area (Å²) in [7, 11) is 0. The van der Waals surface area contributed by atoms with Gasteiger partial charge in [-0.2, -0.15) is 13.2 Å². The van der Waals surface area contributed by atoms with Gasteiger partial charge in [0, 0.05) is 17.4 Å². The number of nitrogen functional groups attached to an aromatic ring is 1. The highest BCUT2D eigenvalue weighted by Crippen LogP contribution is 2.37. The third kappa shape index (κ3) is 4.77. The molecule has 2 aromatic carbocycles. The van der Waals surface area contributed by atoms with Crippen molar-refractivity contribution in [3.8, 4) is 11.1 Å². The molecule has 2 amide bonds. The number of hydrogen-bond donors (Lipinski definition) is 2. The summed E-state index contributed by atoms with van der Waals surface area (Å²) in [5.74, 6) is 0.298. The van der Waals surface area contributed by atoms with Gasteiger partial charge in [-0.15, -0.1) is 0 Å². The Labute approximate surface area is 180 Å². The van der Waals surface area contributed by atoms with E-state index in [0.717, 1.165) is 22.6 Å². The van der Waals surface area contributed by atoms with Crippen LogP contribution >= 0.6 is 23.2 Å². The van der Waals surface area contributed by atoms with Crippen molar-refractivity contribution in [2.45, 2.75) is 12.7 Å². The maximum Gasteiger partial charge on any atom is 0.417 e. The standard InChI is InChI=1S/C20H15Cl2F3N4O/c21-13-7-15(18(26)28-9-13)12-3-1-11(2-4-12)10-29(19(27)30)14-5-6-17(22)16(8-14)20(23,24)25/h1-9H,10H2,(H2,26,28)(H2,27,30). The van der Waals surface area contributed by atoms with Gasteiger partial charge in [-0.05, 0) is 35.4 Å². The fourth-order valence-electron chi connectivity index (χ4n) is 2.85. The summed E-state index contributed by atoms with van der Waals surface area (Å²) in [4.78, 5) is 16.9. The van der Waals surface area contributed by atoms with Gasteiger partial charge < -0.3 is 11.5 Å². The summed E-state index contributed by atoms with van der Waals surface area (Å²) in [5.41, 5.74) is 12.2. The number of aromatic nitrogens is 1. The van der Waals surface area contributed by atoms with Gasteiger partial charge in [-0.25, -0.2) is 9.78 Å². The minimum Gasteiger partial charge on any atom is -0.383 e. The molecule has 3 aromatic rings. The molecule has 0 radical (unpaired) electrons. The number of nitrogens with two attached hydrogens (primary N) is 2. The number of benzene rings is 2. The molecule has 1 heterocycles. The monoisotopic (exact) mass is 454 g/mol. The maximum atomic E-state index is 13.1. The number of hydrogen-bond acceptors (Lipinski definition) is 3. The lowest BCUT2D eigenvalue weighted by molar-refractivity contribution is -0.137. The molecule has 10 heteroatoms. The Morgan fingerprint density at radius 1 is 1.07 bits per heavy atom. The summed E-state index contributed by atoms with van der Waals surface area (Å²) in [6.45, 7) is -0.0438. The molecule has 1 aromatic heterocycles. The van der Waals surface area contributed by atoms with E-state index in [4.69, 9.17) is 34.7 Å². The van der Waals surface area contributed by atoms with E-state index in [-0.39, 0.29) is 12.2 Å². The van der Waals surface area contributed by atoms with Crippen molar-refractivity contribution in [3.05, 3.63) is 75.9 Å². The highest BCUT2D eigenvalue weighted by Gasteiger charge is 2.34. The number of anilines is 2. The van der Waals surface area contributed by atoms with Crippen molar-refractivity contribution in [1.82, 2.24) is 4.98 Å². The molecule has 30 heavy (non-hydrogen) atoms. The summed E-state index contributed by atoms with van der Waals surface area (Å²) >= 11 is 11.6. The number of amides is 2. The molecule has 3 rings (SSSR count). The molecule has 0 saturated carbocycles. The maximum absolute atomic E-state index is 13.1. The van der Waals surface area contributed by atoms with Crippen LogP contribution in [-0.2, 0) is 12.7 Å². The first-order valence-electron chi connectivity index (χ1n) is 8.50. The molecular weight excluding hydrogens is 440 g/mol. The zero-order valence-electron chi connectivity index (χ0n) is 15.3. The number of rotatable bonds is 4. The van der Waals surface area contributed by atoms with Crippen LogP contribution in [0.3, 0.4) is 0 Å². The van der Waals surface area contributed by atoms with Crippen LogP contribution in [0.5, 0.6) is 0 Å². The van der Waals surface area contributed by atoms with Crippen LogP contribution in [0.2, 0.25) is 10.0 Å². The number of primary amides is 1. The second-order valence-corrected chi connectivity index (χ2v) is 7.21. The lowest BCUT2D eigenvalue weighted by Gasteiger charge is -2.22. The minimum absolute atomic E-state index is 0.0217. The Morgan fingerprint density at radius 2 is 1.73 bits per heavy atom. The van der Waals surface area contributed by atoms with Crippen LogP contribution in [0.1, 0.15) is 11.1 Å². The van der Waals surface area contributed by atoms with Gasteiger partial charge in [0.15, 0.2) is 0 Å². The first-order valence-corrected chi connectivity index (χ1v) is 9.26. The molecule has 0 aliphatic heterocycles. The average molecular weight is 455 g/mol. The highest BCUT2D eigenvalue weighted by molar-refractivity contribution is 6.31. The van der Waals surface area contributed by atoms with Crippen LogP contribution in [0, 0.1) is 0 Å². The summed E-state index contributed by atoms with van der Waals surface area (Å²) < 4.78 is 39.4. The van der Waals surface area contributed by atoms with Gasteiger partial charge in [0.1, 0.15) is 5.82 Å². The molecule has 0 atom stereocenters. The van der Waals surface area contributed by atoms with Gasteiger partial charge in [0.25, 0.3) is 0 Å². The Bertz CT molecular complexity index is 1090. The molecule has 156 valence electrons. The van der Waals surface area contributed by atoms with Crippen molar-refractivity contribution < 1.29 is 18.0 Å². The molecule has 0 fully saturated rings. The predicted octanol–water partition coefficient (Wildman–Crippen LogP) is 5.74. The molecule has 0 spiro atoms. The van der Waals surface area contributed by atoms with E-state index in [1.807, 2.05) is 0 Å². The largest absolute Gasteiger partial charge is 0.417 e. The Balaban J connectivity index is 1.90. The number of pyridine rings is 1. The zero-order valence-corrected chi connectivity index (χ0v) is 16.8. The lowest BCUT2D eigenvalue weighted by atomic mass is 10.0. The van der Waals surface area contributed by atoms with E-state index in [1.54, 1.807) is 30.3 Å². The van der Waals surface area contributed by atoms with Crippen molar-refractivity contribution in [2.75, 3.05) is 10.6 Å². The molecule has 0 aliphatic rings. The van der Waals surface area contributed by atoms with Gasteiger partial charge in [0.2, 0.25) is 0 Å². The lowest BCUT2D eigenvalue weighted by Crippen LogP contribution is -2.35. The van der Waals surface area contributed by atoms with Gasteiger partial charge in [-0.3, -0.25) is 4.90 Å². The highest BCUT2D eigenvalue weighted by atomic mass is 35.5. The molecule has 4 N–H and O–H groups in total. The van der Waals surface area contributed by atoms with Gasteiger partial charge >= 0.3 is 12.2 Å². The quantitative estimate of drug-likeness (QED) is 0.526. The fourth-order valence-corrected chi connectivity index (χ4v) is 3.23. The predicted molar refractivity (Wildman–Crippen MR) is 111 cm³/mol. The first kappa shape index (κ1) is 21.7. The summed E-state index contributed by atoms with van der Waals surface area (Å²) in [6, 6.07) is 10.8. The van der Waals surface area contributed by atoms with Crippen LogP contribution in [-0.4, -0.2) is 11.0 Å². The Hall–Kier alpha value is -2.97. The SMILES string of the molecule is NC(=O)N(Cc1ccc(-c2cc(Cl)cnc2N)cc1)c1ccc(Cl)c(C(F)(F)F)c1. The van der Waals surface area contributed by atoms with Crippen LogP contribution in [0.4, 0.5) is 29.5 Å². The molecule has 5 nitrogen and oxygen atoms in total. The normalized spacial score (nSPS) is 11.4. The van der Waals surface area contributed by atoms with E-state index in [2.05, 4.69) is 4.98 Å². The van der Waals surface area contributed by atoms with Gasteiger partial charge in [-0.1, -0.05) is 47.5 Å². The van der Waals surface area contributed by atoms with E-state index < -0.39 is 22.8 Å². The minimum atomic E-state index is -4.66. The number of carbonyl (C=O) groups is 1.